The molecule has 2 aromatic carbocycles. The predicted octanol–water partition coefficient (Wildman–Crippen LogP) is 5.11. The molecule has 1 amide bonds. The van der Waals surface area contributed by atoms with Crippen LogP contribution in [0.3, 0.4) is 0 Å². The number of carbonyl (C=O) groups is 2. The van der Waals surface area contributed by atoms with E-state index in [-0.39, 0.29) is 23.9 Å². The van der Waals surface area contributed by atoms with Crippen LogP contribution in [0.4, 0.5) is 22.0 Å². The molecular weight excluding hydrogens is 557 g/mol. The van der Waals surface area contributed by atoms with E-state index in [2.05, 4.69) is 4.90 Å². The number of alkyl halides is 3. The molecule has 2 aliphatic rings. The van der Waals surface area contributed by atoms with Crippen molar-refractivity contribution in [1.29, 1.82) is 0 Å². The molecule has 0 aliphatic carbocycles. The number of ether oxygens (including phenoxy) is 1. The highest BCUT2D eigenvalue weighted by molar-refractivity contribution is 5.81. The Morgan fingerprint density at radius 3 is 2.19 bits per heavy atom. The van der Waals surface area contributed by atoms with Crippen LogP contribution in [0.5, 0.6) is 0 Å². The highest BCUT2D eigenvalue weighted by Crippen LogP contribution is 2.39. The van der Waals surface area contributed by atoms with E-state index in [9.17, 15) is 31.5 Å². The molecule has 42 heavy (non-hydrogen) atoms. The van der Waals surface area contributed by atoms with Gasteiger partial charge >= 0.3 is 12.1 Å². The first-order valence-corrected chi connectivity index (χ1v) is 14.1. The Morgan fingerprint density at radius 1 is 0.976 bits per heavy atom. The van der Waals surface area contributed by atoms with Gasteiger partial charge in [-0.3, -0.25) is 19.4 Å². The van der Waals surface area contributed by atoms with Crippen molar-refractivity contribution >= 4 is 11.9 Å². The van der Waals surface area contributed by atoms with Crippen molar-refractivity contribution in [2.45, 2.75) is 63.8 Å². The van der Waals surface area contributed by atoms with Crippen molar-refractivity contribution in [2.75, 3.05) is 39.8 Å². The zero-order valence-corrected chi connectivity index (χ0v) is 24.5. The third-order valence-electron chi connectivity index (χ3n) is 8.51. The van der Waals surface area contributed by atoms with Gasteiger partial charge in [-0.2, -0.15) is 13.2 Å². The van der Waals surface area contributed by atoms with E-state index in [0.717, 1.165) is 18.2 Å². The van der Waals surface area contributed by atoms with Gasteiger partial charge in [0, 0.05) is 56.3 Å². The Bertz CT molecular complexity index is 1280. The van der Waals surface area contributed by atoms with Crippen LogP contribution in [-0.2, 0) is 26.9 Å². The maximum Gasteiger partial charge on any atom is 0.416 e. The topological polar surface area (TPSA) is 53.1 Å². The molecule has 0 saturated carbocycles. The number of likely N-dealkylation sites (tertiary alicyclic amines) is 1. The molecular formula is C31H38F5N3O3. The highest BCUT2D eigenvalue weighted by Gasteiger charge is 2.46. The van der Waals surface area contributed by atoms with E-state index in [1.807, 2.05) is 32.6 Å². The van der Waals surface area contributed by atoms with Gasteiger partial charge in [-0.05, 0) is 63.4 Å². The van der Waals surface area contributed by atoms with Crippen LogP contribution in [-0.4, -0.2) is 84.0 Å². The molecule has 0 aromatic heterocycles. The molecule has 230 valence electrons. The number of esters is 1. The van der Waals surface area contributed by atoms with E-state index >= 15 is 0 Å². The van der Waals surface area contributed by atoms with E-state index in [4.69, 9.17) is 4.74 Å². The molecule has 2 aromatic rings. The van der Waals surface area contributed by atoms with Crippen LogP contribution in [0.25, 0.3) is 0 Å². The van der Waals surface area contributed by atoms with Crippen molar-refractivity contribution in [3.63, 3.8) is 0 Å². The Morgan fingerprint density at radius 2 is 1.64 bits per heavy atom. The molecule has 2 fully saturated rings. The molecule has 6 nitrogen and oxygen atoms in total. The third kappa shape index (κ3) is 6.94. The number of halogens is 5. The fourth-order valence-corrected chi connectivity index (χ4v) is 6.08. The summed E-state index contributed by atoms with van der Waals surface area (Å²) < 4.78 is 72.6. The quantitative estimate of drug-likeness (QED) is 0.343. The van der Waals surface area contributed by atoms with Gasteiger partial charge < -0.3 is 9.64 Å². The molecule has 11 heteroatoms. The lowest BCUT2D eigenvalue weighted by atomic mass is 9.87. The van der Waals surface area contributed by atoms with Crippen LogP contribution in [0.15, 0.2) is 42.5 Å². The molecule has 2 heterocycles. The molecule has 0 unspecified atom stereocenters. The fraction of sp³-hybridized carbons (Fsp3) is 0.548. The number of nitrogens with zero attached hydrogens (tertiary/aromatic N) is 3. The number of amides is 1. The first-order chi connectivity index (χ1) is 19.6. The monoisotopic (exact) mass is 595 g/mol. The summed E-state index contributed by atoms with van der Waals surface area (Å²) in [6.07, 6.45) is -4.30. The van der Waals surface area contributed by atoms with Gasteiger partial charge in [0.05, 0.1) is 18.6 Å². The minimum atomic E-state index is -4.46. The van der Waals surface area contributed by atoms with E-state index < -0.39 is 47.2 Å². The average molecular weight is 596 g/mol. The molecule has 0 spiro atoms. The second-order valence-corrected chi connectivity index (χ2v) is 12.3. The summed E-state index contributed by atoms with van der Waals surface area (Å²) in [4.78, 5) is 32.6. The van der Waals surface area contributed by atoms with Gasteiger partial charge in [0.15, 0.2) is 0 Å². The summed E-state index contributed by atoms with van der Waals surface area (Å²) in [6, 6.07) is 7.15. The second-order valence-electron chi connectivity index (χ2n) is 12.3. The summed E-state index contributed by atoms with van der Waals surface area (Å²) in [5.74, 6) is -2.97. The zero-order valence-electron chi connectivity index (χ0n) is 24.5. The van der Waals surface area contributed by atoms with Crippen LogP contribution in [0.2, 0.25) is 0 Å². The minimum Gasteiger partial charge on any atom is -0.468 e. The SMILES string of the molecule is COC(=O)[C@H](Cc1ccc(C(F)(F)F)cc1)N1CCN(C(=O)[C@@H]2CN(C(C)(C)C)C[C@H]2c2ccc(F)cc2F)[C@@H](C)C1. The van der Waals surface area contributed by atoms with Crippen molar-refractivity contribution in [3.05, 3.63) is 70.8 Å². The zero-order chi connectivity index (χ0) is 31.0. The van der Waals surface area contributed by atoms with Crippen molar-refractivity contribution in [1.82, 2.24) is 14.7 Å². The van der Waals surface area contributed by atoms with Crippen molar-refractivity contribution in [3.8, 4) is 0 Å². The largest absolute Gasteiger partial charge is 0.468 e. The molecule has 4 rings (SSSR count). The number of hydrogen-bond acceptors (Lipinski definition) is 5. The summed E-state index contributed by atoms with van der Waals surface area (Å²) in [5.41, 5.74) is -0.158. The van der Waals surface area contributed by atoms with Gasteiger partial charge in [0.25, 0.3) is 0 Å². The van der Waals surface area contributed by atoms with Gasteiger partial charge in [0.2, 0.25) is 5.91 Å². The van der Waals surface area contributed by atoms with Crippen LogP contribution in [0, 0.1) is 17.6 Å². The third-order valence-corrected chi connectivity index (χ3v) is 8.51. The second kappa shape index (κ2) is 12.3. The molecule has 0 bridgehead atoms. The number of rotatable bonds is 6. The number of carbonyl (C=O) groups excluding carboxylic acids is 2. The summed E-state index contributed by atoms with van der Waals surface area (Å²) in [7, 11) is 1.26. The van der Waals surface area contributed by atoms with E-state index in [1.54, 1.807) is 4.90 Å². The Kier molecular flexibility index (Phi) is 9.32. The minimum absolute atomic E-state index is 0.125. The van der Waals surface area contributed by atoms with Gasteiger partial charge in [-0.25, -0.2) is 8.78 Å². The fourth-order valence-electron chi connectivity index (χ4n) is 6.08. The maximum atomic E-state index is 14.9. The summed E-state index contributed by atoms with van der Waals surface area (Å²) in [6.45, 7) is 9.85. The van der Waals surface area contributed by atoms with Gasteiger partial charge in [-0.1, -0.05) is 18.2 Å². The number of methoxy groups -OCH3 is 1. The van der Waals surface area contributed by atoms with Gasteiger partial charge in [0.1, 0.15) is 17.7 Å². The molecule has 2 saturated heterocycles. The summed E-state index contributed by atoms with van der Waals surface area (Å²) in [5, 5.41) is 0. The Balaban J connectivity index is 1.51. The number of benzene rings is 2. The molecule has 4 atom stereocenters. The lowest BCUT2D eigenvalue weighted by Crippen LogP contribution is -2.59. The lowest BCUT2D eigenvalue weighted by Gasteiger charge is -2.43. The van der Waals surface area contributed by atoms with E-state index in [1.165, 1.54) is 31.4 Å². The van der Waals surface area contributed by atoms with E-state index in [0.29, 0.717) is 43.9 Å². The lowest BCUT2D eigenvalue weighted by molar-refractivity contribution is -0.150. The number of hydrogen-bond donors (Lipinski definition) is 0. The first kappa shape index (κ1) is 31.9. The molecule has 2 aliphatic heterocycles. The predicted molar refractivity (Wildman–Crippen MR) is 148 cm³/mol. The van der Waals surface area contributed by atoms with Crippen molar-refractivity contribution < 1.29 is 36.3 Å². The van der Waals surface area contributed by atoms with Crippen LogP contribution < -0.4 is 0 Å². The molecule has 0 N–H and O–H groups in total. The Labute approximate surface area is 243 Å². The van der Waals surface area contributed by atoms with Gasteiger partial charge in [-0.15, -0.1) is 0 Å². The highest BCUT2D eigenvalue weighted by atomic mass is 19.4. The average Bonchev–Trinajstić information content (AvgIpc) is 3.36. The summed E-state index contributed by atoms with van der Waals surface area (Å²) >= 11 is 0. The standard InChI is InChI=1S/C31H38F5N3O3/c1-19-16-37(27(29(41)42-5)14-20-6-8-21(9-7-20)31(34,35)36)12-13-39(19)28(40)25-18-38(30(2,3)4)17-24(25)23-11-10-22(32)15-26(23)33/h6-11,15,19,24-25,27H,12-14,16-18H2,1-5H3/t19-,24-,25+,27-/m0/s1. The normalized spacial score (nSPS) is 23.2. The smallest absolute Gasteiger partial charge is 0.416 e. The number of piperazine rings is 1. The van der Waals surface area contributed by atoms with Crippen molar-refractivity contribution in [2.24, 2.45) is 5.92 Å². The molecule has 0 radical (unpaired) electrons. The first-order valence-electron chi connectivity index (χ1n) is 14.1. The van der Waals surface area contributed by atoms with Crippen LogP contribution in [0.1, 0.15) is 50.3 Å². The Hall–Kier alpha value is -3.05. The maximum absolute atomic E-state index is 14.9. The van der Waals surface area contributed by atoms with Crippen LogP contribution >= 0.6 is 0 Å².